The average molecular weight is 305 g/mol. The molecule has 0 amide bonds. The van der Waals surface area contributed by atoms with Gasteiger partial charge in [-0.2, -0.15) is 13.2 Å². The Balaban J connectivity index is 0.00000196. The van der Waals surface area contributed by atoms with Crippen LogP contribution in [-0.2, 0) is 0 Å². The molecule has 0 heterocycles. The van der Waals surface area contributed by atoms with Gasteiger partial charge in [0.15, 0.2) is 0 Å². The molecule has 0 fully saturated rings. The quantitative estimate of drug-likeness (QED) is 0.883. The molecule has 0 radical (unpaired) electrons. The highest BCUT2D eigenvalue weighted by atomic mass is 79.9. The Kier molecular flexibility index (Phi) is 5.62. The van der Waals surface area contributed by atoms with Crippen molar-refractivity contribution >= 4 is 28.3 Å². The van der Waals surface area contributed by atoms with Crippen LogP contribution in [0.15, 0.2) is 28.7 Å². The van der Waals surface area contributed by atoms with Gasteiger partial charge in [-0.05, 0) is 11.6 Å². The van der Waals surface area contributed by atoms with E-state index in [1.807, 2.05) is 0 Å². The number of nitrogens with two attached hydrogens (primary N) is 1. The van der Waals surface area contributed by atoms with Gasteiger partial charge in [0.1, 0.15) is 0 Å². The zero-order valence-corrected chi connectivity index (χ0v) is 9.99. The molecule has 0 aromatic heterocycles. The Morgan fingerprint density at radius 3 is 2.27 bits per heavy atom. The molecule has 0 unspecified atom stereocenters. The smallest absolute Gasteiger partial charge is 0.324 e. The largest absolute Gasteiger partial charge is 0.390 e. The van der Waals surface area contributed by atoms with Gasteiger partial charge in [-0.15, -0.1) is 12.4 Å². The molecule has 0 aliphatic heterocycles. The molecule has 0 saturated carbocycles. The maximum absolute atomic E-state index is 12.0. The molecule has 1 atom stereocenters. The highest BCUT2D eigenvalue weighted by Crippen LogP contribution is 2.31. The van der Waals surface area contributed by atoms with E-state index in [0.717, 1.165) is 0 Å². The second kappa shape index (κ2) is 5.72. The summed E-state index contributed by atoms with van der Waals surface area (Å²) in [7, 11) is 0. The molecular weight excluding hydrogens is 294 g/mol. The van der Waals surface area contributed by atoms with E-state index in [-0.39, 0.29) is 12.4 Å². The van der Waals surface area contributed by atoms with E-state index in [1.165, 1.54) is 0 Å². The van der Waals surface area contributed by atoms with Gasteiger partial charge < -0.3 is 5.73 Å². The molecular formula is C9H10BrClF3N. The summed E-state index contributed by atoms with van der Waals surface area (Å²) < 4.78 is 36.7. The first-order chi connectivity index (χ1) is 6.40. The molecule has 2 N–H and O–H groups in total. The molecule has 6 heteroatoms. The molecule has 0 bridgehead atoms. The first-order valence-electron chi connectivity index (χ1n) is 3.97. The SMILES string of the molecule is Cl.N[C@@H](CC(F)(F)F)c1ccccc1Br. The Morgan fingerprint density at radius 2 is 1.80 bits per heavy atom. The van der Waals surface area contributed by atoms with Gasteiger partial charge in [-0.3, -0.25) is 0 Å². The van der Waals surface area contributed by atoms with Crippen LogP contribution >= 0.6 is 28.3 Å². The summed E-state index contributed by atoms with van der Waals surface area (Å²) in [6, 6.07) is 5.64. The van der Waals surface area contributed by atoms with Crippen LogP contribution in [0.5, 0.6) is 0 Å². The Morgan fingerprint density at radius 1 is 1.27 bits per heavy atom. The summed E-state index contributed by atoms with van der Waals surface area (Å²) in [5, 5.41) is 0. The maximum Gasteiger partial charge on any atom is 0.390 e. The Hall–Kier alpha value is -0.260. The lowest BCUT2D eigenvalue weighted by atomic mass is 10.0. The fourth-order valence-corrected chi connectivity index (χ4v) is 1.71. The van der Waals surface area contributed by atoms with Crippen molar-refractivity contribution in [3.05, 3.63) is 34.3 Å². The minimum Gasteiger partial charge on any atom is -0.324 e. The van der Waals surface area contributed by atoms with Gasteiger partial charge in [0.25, 0.3) is 0 Å². The molecule has 1 aromatic rings. The molecule has 0 spiro atoms. The van der Waals surface area contributed by atoms with E-state index < -0.39 is 18.6 Å². The zero-order valence-electron chi connectivity index (χ0n) is 7.59. The van der Waals surface area contributed by atoms with Gasteiger partial charge in [0.2, 0.25) is 0 Å². The van der Waals surface area contributed by atoms with Crippen molar-refractivity contribution in [2.24, 2.45) is 5.73 Å². The predicted octanol–water partition coefficient (Wildman–Crippen LogP) is 3.82. The predicted molar refractivity (Wildman–Crippen MR) is 59.0 cm³/mol. The van der Waals surface area contributed by atoms with Crippen molar-refractivity contribution in [1.29, 1.82) is 0 Å². The van der Waals surface area contributed by atoms with E-state index in [1.54, 1.807) is 24.3 Å². The monoisotopic (exact) mass is 303 g/mol. The number of benzene rings is 1. The fourth-order valence-electron chi connectivity index (χ4n) is 1.14. The molecule has 86 valence electrons. The highest BCUT2D eigenvalue weighted by Gasteiger charge is 2.31. The normalized spacial score (nSPS) is 13.1. The van der Waals surface area contributed by atoms with Crippen LogP contribution in [-0.4, -0.2) is 6.18 Å². The van der Waals surface area contributed by atoms with Gasteiger partial charge in [0, 0.05) is 10.5 Å². The number of halogens is 5. The maximum atomic E-state index is 12.0. The molecule has 0 aliphatic rings. The molecule has 1 rings (SSSR count). The molecule has 0 aliphatic carbocycles. The topological polar surface area (TPSA) is 26.0 Å². The lowest BCUT2D eigenvalue weighted by Crippen LogP contribution is -2.20. The average Bonchev–Trinajstić information content (AvgIpc) is 2.01. The standard InChI is InChI=1S/C9H9BrF3N.ClH/c10-7-4-2-1-3-6(7)8(14)5-9(11,12)13;/h1-4,8H,5,14H2;1H/t8-;/m0./s1. The summed E-state index contributed by atoms with van der Waals surface area (Å²) in [5.41, 5.74) is 5.91. The Bertz CT molecular complexity index is 316. The van der Waals surface area contributed by atoms with Gasteiger partial charge in [-0.1, -0.05) is 34.1 Å². The van der Waals surface area contributed by atoms with E-state index >= 15 is 0 Å². The second-order valence-electron chi connectivity index (χ2n) is 2.95. The van der Waals surface area contributed by atoms with E-state index in [2.05, 4.69) is 15.9 Å². The van der Waals surface area contributed by atoms with E-state index in [9.17, 15) is 13.2 Å². The lowest BCUT2D eigenvalue weighted by Gasteiger charge is -2.15. The van der Waals surface area contributed by atoms with Crippen LogP contribution in [0.3, 0.4) is 0 Å². The van der Waals surface area contributed by atoms with Crippen molar-refractivity contribution in [2.45, 2.75) is 18.6 Å². The number of hydrogen-bond acceptors (Lipinski definition) is 1. The number of alkyl halides is 3. The summed E-state index contributed by atoms with van der Waals surface area (Å²) in [4.78, 5) is 0. The van der Waals surface area contributed by atoms with Crippen LogP contribution in [0.4, 0.5) is 13.2 Å². The lowest BCUT2D eigenvalue weighted by molar-refractivity contribution is -0.138. The number of rotatable bonds is 2. The zero-order chi connectivity index (χ0) is 10.8. The van der Waals surface area contributed by atoms with Crippen molar-refractivity contribution in [1.82, 2.24) is 0 Å². The molecule has 0 saturated heterocycles. The minimum absolute atomic E-state index is 0. The second-order valence-corrected chi connectivity index (χ2v) is 3.80. The minimum atomic E-state index is -4.23. The molecule has 1 aromatic carbocycles. The van der Waals surface area contributed by atoms with Crippen LogP contribution in [0.2, 0.25) is 0 Å². The van der Waals surface area contributed by atoms with Gasteiger partial charge in [0.05, 0.1) is 6.42 Å². The first kappa shape index (κ1) is 14.7. The first-order valence-corrected chi connectivity index (χ1v) is 4.76. The van der Waals surface area contributed by atoms with Crippen molar-refractivity contribution in [3.63, 3.8) is 0 Å². The van der Waals surface area contributed by atoms with E-state index in [0.29, 0.717) is 10.0 Å². The summed E-state index contributed by atoms with van der Waals surface area (Å²) in [6.45, 7) is 0. The molecule has 1 nitrogen and oxygen atoms in total. The molecule has 15 heavy (non-hydrogen) atoms. The van der Waals surface area contributed by atoms with Crippen molar-refractivity contribution in [2.75, 3.05) is 0 Å². The summed E-state index contributed by atoms with van der Waals surface area (Å²) >= 11 is 3.16. The summed E-state index contributed by atoms with van der Waals surface area (Å²) in [6.07, 6.45) is -5.23. The highest BCUT2D eigenvalue weighted by molar-refractivity contribution is 9.10. The van der Waals surface area contributed by atoms with Crippen LogP contribution < -0.4 is 5.73 Å². The van der Waals surface area contributed by atoms with Crippen LogP contribution in [0.1, 0.15) is 18.0 Å². The Labute approximate surface area is 100 Å². The van der Waals surface area contributed by atoms with Crippen LogP contribution in [0, 0.1) is 0 Å². The third-order valence-electron chi connectivity index (χ3n) is 1.76. The third kappa shape index (κ3) is 4.86. The summed E-state index contributed by atoms with van der Waals surface area (Å²) in [5.74, 6) is 0. The number of hydrogen-bond donors (Lipinski definition) is 1. The fraction of sp³-hybridized carbons (Fsp3) is 0.333. The van der Waals surface area contributed by atoms with Gasteiger partial charge >= 0.3 is 6.18 Å². The van der Waals surface area contributed by atoms with Crippen molar-refractivity contribution in [3.8, 4) is 0 Å². The van der Waals surface area contributed by atoms with Crippen LogP contribution in [0.25, 0.3) is 0 Å². The third-order valence-corrected chi connectivity index (χ3v) is 2.48. The van der Waals surface area contributed by atoms with Crippen molar-refractivity contribution < 1.29 is 13.2 Å². The van der Waals surface area contributed by atoms with E-state index in [4.69, 9.17) is 5.73 Å². The van der Waals surface area contributed by atoms with Gasteiger partial charge in [-0.25, -0.2) is 0 Å².